The van der Waals surface area contributed by atoms with Crippen molar-refractivity contribution in [2.24, 2.45) is 0 Å². The minimum Gasteiger partial charge on any atom is -0.497 e. The van der Waals surface area contributed by atoms with Crippen LogP contribution in [0.25, 0.3) is 0 Å². The molecule has 1 aliphatic rings. The molecule has 1 aromatic carbocycles. The second-order valence-electron chi connectivity index (χ2n) is 5.42. The maximum absolute atomic E-state index is 12.3. The third kappa shape index (κ3) is 3.12. The van der Waals surface area contributed by atoms with E-state index in [1.165, 1.54) is 0 Å². The van der Waals surface area contributed by atoms with Gasteiger partial charge >= 0.3 is 0 Å². The highest BCUT2D eigenvalue weighted by atomic mass is 16.5. The first-order valence-corrected chi connectivity index (χ1v) is 7.47. The molecule has 0 spiro atoms. The van der Waals surface area contributed by atoms with E-state index in [0.29, 0.717) is 11.5 Å². The van der Waals surface area contributed by atoms with Crippen LogP contribution < -0.4 is 15.4 Å². The van der Waals surface area contributed by atoms with Gasteiger partial charge in [-0.1, -0.05) is 0 Å². The predicted molar refractivity (Wildman–Crippen MR) is 84.4 cm³/mol. The molecule has 1 aliphatic heterocycles. The van der Waals surface area contributed by atoms with Gasteiger partial charge in [-0.15, -0.1) is 0 Å². The molecule has 3 N–H and O–H groups in total. The van der Waals surface area contributed by atoms with Crippen LogP contribution in [0.5, 0.6) is 5.75 Å². The van der Waals surface area contributed by atoms with Crippen molar-refractivity contribution in [1.29, 1.82) is 0 Å². The van der Waals surface area contributed by atoms with Gasteiger partial charge in [-0.25, -0.2) is 0 Å². The number of amides is 1. The lowest BCUT2D eigenvalue weighted by molar-refractivity contribution is 0.102. The summed E-state index contributed by atoms with van der Waals surface area (Å²) >= 11 is 0. The zero-order valence-electron chi connectivity index (χ0n) is 12.6. The smallest absolute Gasteiger partial charge is 0.255 e. The fourth-order valence-electron chi connectivity index (χ4n) is 2.74. The largest absolute Gasteiger partial charge is 0.497 e. The van der Waals surface area contributed by atoms with E-state index in [-0.39, 0.29) is 5.91 Å². The number of aromatic nitrogens is 2. The third-order valence-corrected chi connectivity index (χ3v) is 3.97. The van der Waals surface area contributed by atoms with Crippen molar-refractivity contribution in [3.63, 3.8) is 0 Å². The summed E-state index contributed by atoms with van der Waals surface area (Å²) in [6.07, 6.45) is 3.90. The van der Waals surface area contributed by atoms with Gasteiger partial charge in [-0.3, -0.25) is 9.89 Å². The van der Waals surface area contributed by atoms with Crippen LogP contribution in [0, 0.1) is 0 Å². The average Bonchev–Trinajstić information content (AvgIpc) is 3.04. The molecule has 1 saturated heterocycles. The van der Waals surface area contributed by atoms with E-state index in [4.69, 9.17) is 4.74 Å². The number of nitrogens with one attached hydrogen (secondary N) is 3. The fraction of sp³-hybridized carbons (Fsp3) is 0.375. The second-order valence-corrected chi connectivity index (χ2v) is 5.42. The van der Waals surface area contributed by atoms with E-state index < -0.39 is 0 Å². The highest BCUT2D eigenvalue weighted by Crippen LogP contribution is 2.27. The SMILES string of the molecule is COc1ccc(C(=O)Nc2cn[nH]c2[C@@H]2CCCNC2)cc1. The first-order chi connectivity index (χ1) is 10.8. The molecule has 1 aromatic heterocycles. The van der Waals surface area contributed by atoms with E-state index in [1.807, 2.05) is 0 Å². The number of rotatable bonds is 4. The van der Waals surface area contributed by atoms with Gasteiger partial charge in [0, 0.05) is 18.0 Å². The summed E-state index contributed by atoms with van der Waals surface area (Å²) < 4.78 is 5.10. The molecule has 0 aliphatic carbocycles. The first kappa shape index (κ1) is 14.6. The minimum atomic E-state index is -0.144. The number of methoxy groups -OCH3 is 1. The Kier molecular flexibility index (Phi) is 4.39. The average molecular weight is 300 g/mol. The molecule has 0 radical (unpaired) electrons. The van der Waals surface area contributed by atoms with E-state index in [2.05, 4.69) is 20.8 Å². The van der Waals surface area contributed by atoms with E-state index in [1.54, 1.807) is 37.6 Å². The molecule has 0 unspecified atom stereocenters. The molecular weight excluding hydrogens is 280 g/mol. The Balaban J connectivity index is 1.72. The van der Waals surface area contributed by atoms with Crippen LogP contribution in [0.1, 0.15) is 34.8 Å². The summed E-state index contributed by atoms with van der Waals surface area (Å²) in [5.41, 5.74) is 2.35. The molecule has 6 nitrogen and oxygen atoms in total. The van der Waals surface area contributed by atoms with Gasteiger partial charge in [0.1, 0.15) is 5.75 Å². The molecule has 0 bridgehead atoms. The topological polar surface area (TPSA) is 79.0 Å². The summed E-state index contributed by atoms with van der Waals surface area (Å²) in [6, 6.07) is 7.04. The van der Waals surface area contributed by atoms with Crippen LogP contribution in [0.3, 0.4) is 0 Å². The summed E-state index contributed by atoms with van der Waals surface area (Å²) in [7, 11) is 1.60. The van der Waals surface area contributed by atoms with Gasteiger partial charge < -0.3 is 15.4 Å². The number of hydrogen-bond acceptors (Lipinski definition) is 4. The van der Waals surface area contributed by atoms with E-state index in [9.17, 15) is 4.79 Å². The first-order valence-electron chi connectivity index (χ1n) is 7.47. The Morgan fingerprint density at radius 2 is 2.18 bits per heavy atom. The van der Waals surface area contributed by atoms with E-state index >= 15 is 0 Å². The van der Waals surface area contributed by atoms with Crippen molar-refractivity contribution in [3.8, 4) is 5.75 Å². The highest BCUT2D eigenvalue weighted by Gasteiger charge is 2.21. The van der Waals surface area contributed by atoms with Crippen molar-refractivity contribution in [2.45, 2.75) is 18.8 Å². The molecule has 3 rings (SSSR count). The summed E-state index contributed by atoms with van der Waals surface area (Å²) in [5.74, 6) is 0.949. The second kappa shape index (κ2) is 6.62. The lowest BCUT2D eigenvalue weighted by Crippen LogP contribution is -2.29. The molecule has 6 heteroatoms. The van der Waals surface area contributed by atoms with Crippen molar-refractivity contribution in [1.82, 2.24) is 15.5 Å². The predicted octanol–water partition coefficient (Wildman–Crippen LogP) is 2.14. The number of carbonyl (C=O) groups is 1. The minimum absolute atomic E-state index is 0.144. The molecule has 2 aromatic rings. The van der Waals surface area contributed by atoms with Crippen LogP contribution in [-0.4, -0.2) is 36.3 Å². The number of aromatic amines is 1. The standard InChI is InChI=1S/C16H20N4O2/c1-22-13-6-4-11(5-7-13)16(21)19-14-10-18-20-15(14)12-3-2-8-17-9-12/h4-7,10,12,17H,2-3,8-9H2,1H3,(H,18,20)(H,19,21)/t12-/m1/s1. The number of carbonyl (C=O) groups excluding carboxylic acids is 1. The Morgan fingerprint density at radius 3 is 2.86 bits per heavy atom. The Bertz CT molecular complexity index is 630. The summed E-state index contributed by atoms with van der Waals surface area (Å²) in [5, 5.41) is 13.4. The van der Waals surface area contributed by atoms with Gasteiger partial charge in [0.15, 0.2) is 0 Å². The zero-order valence-corrected chi connectivity index (χ0v) is 12.6. The highest BCUT2D eigenvalue weighted by molar-refractivity contribution is 6.04. The van der Waals surface area contributed by atoms with Gasteiger partial charge in [0.05, 0.1) is 24.7 Å². The molecule has 1 atom stereocenters. The number of piperidine rings is 1. The van der Waals surface area contributed by atoms with Crippen LogP contribution in [0.2, 0.25) is 0 Å². The lowest BCUT2D eigenvalue weighted by Gasteiger charge is -2.22. The maximum atomic E-state index is 12.3. The van der Waals surface area contributed by atoms with Gasteiger partial charge in [-0.05, 0) is 43.7 Å². The molecule has 116 valence electrons. The number of benzene rings is 1. The number of ether oxygens (including phenoxy) is 1. The fourth-order valence-corrected chi connectivity index (χ4v) is 2.74. The molecule has 22 heavy (non-hydrogen) atoms. The molecule has 0 saturated carbocycles. The van der Waals surface area contributed by atoms with Crippen LogP contribution in [0.4, 0.5) is 5.69 Å². The summed E-state index contributed by atoms with van der Waals surface area (Å²) in [4.78, 5) is 12.3. The van der Waals surface area contributed by atoms with Crippen LogP contribution in [0.15, 0.2) is 30.5 Å². The van der Waals surface area contributed by atoms with Crippen molar-refractivity contribution < 1.29 is 9.53 Å². The zero-order chi connectivity index (χ0) is 15.4. The van der Waals surface area contributed by atoms with Gasteiger partial charge in [0.25, 0.3) is 5.91 Å². The van der Waals surface area contributed by atoms with Crippen molar-refractivity contribution in [3.05, 3.63) is 41.7 Å². The van der Waals surface area contributed by atoms with Crippen molar-refractivity contribution in [2.75, 3.05) is 25.5 Å². The number of hydrogen-bond donors (Lipinski definition) is 3. The Labute approximate surface area is 129 Å². The van der Waals surface area contributed by atoms with Gasteiger partial charge in [-0.2, -0.15) is 5.10 Å². The Morgan fingerprint density at radius 1 is 1.36 bits per heavy atom. The normalized spacial score (nSPS) is 18.0. The van der Waals surface area contributed by atoms with Crippen LogP contribution >= 0.6 is 0 Å². The molecule has 1 amide bonds. The molecule has 2 heterocycles. The third-order valence-electron chi connectivity index (χ3n) is 3.97. The molecular formula is C16H20N4O2. The summed E-state index contributed by atoms with van der Waals surface area (Å²) in [6.45, 7) is 1.96. The number of anilines is 1. The quantitative estimate of drug-likeness (QED) is 0.808. The number of nitrogens with zero attached hydrogens (tertiary/aromatic N) is 1. The van der Waals surface area contributed by atoms with Crippen molar-refractivity contribution >= 4 is 11.6 Å². The number of H-pyrrole nitrogens is 1. The molecule has 1 fully saturated rings. The maximum Gasteiger partial charge on any atom is 0.255 e. The Hall–Kier alpha value is -2.34. The lowest BCUT2D eigenvalue weighted by atomic mass is 9.95. The van der Waals surface area contributed by atoms with E-state index in [0.717, 1.165) is 43.1 Å². The van der Waals surface area contributed by atoms with Gasteiger partial charge in [0.2, 0.25) is 0 Å². The van der Waals surface area contributed by atoms with Crippen LogP contribution in [-0.2, 0) is 0 Å². The monoisotopic (exact) mass is 300 g/mol.